The predicted octanol–water partition coefficient (Wildman–Crippen LogP) is 0.599. The quantitative estimate of drug-likeness (QED) is 0.780. The van der Waals surface area contributed by atoms with Crippen molar-refractivity contribution < 1.29 is 4.79 Å². The first-order chi connectivity index (χ1) is 8.09. The van der Waals surface area contributed by atoms with Gasteiger partial charge in [-0.25, -0.2) is 0 Å². The third-order valence-electron chi connectivity index (χ3n) is 2.97. The molecular weight excluding hydrogens is 234 g/mol. The smallest absolute Gasteiger partial charge is 0.241 e. The molecule has 5 heteroatoms. The fraction of sp³-hybridized carbons (Fsp3) is 0.333. The summed E-state index contributed by atoms with van der Waals surface area (Å²) >= 11 is 5.03. The molecular formula is C12H15N3OS. The third kappa shape index (κ3) is 2.39. The summed E-state index contributed by atoms with van der Waals surface area (Å²) in [6.07, 6.45) is 0. The van der Waals surface area contributed by atoms with Gasteiger partial charge >= 0.3 is 0 Å². The number of hydrogen-bond donors (Lipinski definition) is 1. The minimum absolute atomic E-state index is 0.119. The number of piperazine rings is 1. The number of anilines is 1. The van der Waals surface area contributed by atoms with E-state index in [0.29, 0.717) is 11.5 Å². The van der Waals surface area contributed by atoms with Crippen LogP contribution in [0.1, 0.15) is 5.56 Å². The van der Waals surface area contributed by atoms with E-state index in [1.807, 2.05) is 36.2 Å². The first-order valence-electron chi connectivity index (χ1n) is 5.47. The number of nitrogens with zero attached hydrogens (tertiary/aromatic N) is 2. The molecule has 4 nitrogen and oxygen atoms in total. The summed E-state index contributed by atoms with van der Waals surface area (Å²) in [7, 11) is 1.82. The van der Waals surface area contributed by atoms with Crippen molar-refractivity contribution in [3.05, 3.63) is 29.8 Å². The van der Waals surface area contributed by atoms with Gasteiger partial charge in [-0.3, -0.25) is 4.79 Å². The van der Waals surface area contributed by atoms with Gasteiger partial charge in [0.1, 0.15) is 4.99 Å². The molecule has 1 aromatic carbocycles. The Morgan fingerprint density at radius 1 is 1.35 bits per heavy atom. The predicted molar refractivity (Wildman–Crippen MR) is 72.2 cm³/mol. The molecule has 0 radical (unpaired) electrons. The van der Waals surface area contributed by atoms with Gasteiger partial charge in [0.2, 0.25) is 5.91 Å². The van der Waals surface area contributed by atoms with Gasteiger partial charge in [-0.15, -0.1) is 0 Å². The molecule has 2 rings (SSSR count). The zero-order valence-electron chi connectivity index (χ0n) is 9.72. The van der Waals surface area contributed by atoms with Crippen LogP contribution in [0, 0.1) is 0 Å². The second-order valence-corrected chi connectivity index (χ2v) is 4.56. The number of likely N-dealkylation sites (N-methyl/N-ethyl adjacent to an activating group) is 1. The van der Waals surface area contributed by atoms with Crippen LogP contribution in [-0.2, 0) is 4.79 Å². The van der Waals surface area contributed by atoms with E-state index in [1.165, 1.54) is 0 Å². The standard InChI is InChI=1S/C12H15N3OS/c1-14-6-7-15(8-11(14)16)10-5-3-2-4-9(10)12(13)17/h2-5H,6-8H2,1H3,(H2,13,17). The molecule has 1 fully saturated rings. The summed E-state index contributed by atoms with van der Waals surface area (Å²) in [5, 5.41) is 0. The maximum Gasteiger partial charge on any atom is 0.241 e. The van der Waals surface area contributed by atoms with Gasteiger partial charge in [-0.2, -0.15) is 0 Å². The molecule has 1 aromatic rings. The van der Waals surface area contributed by atoms with E-state index < -0.39 is 0 Å². The summed E-state index contributed by atoms with van der Waals surface area (Å²) in [5.74, 6) is 0.119. The molecule has 1 aliphatic rings. The number of para-hydroxylation sites is 1. The molecule has 90 valence electrons. The number of amides is 1. The van der Waals surface area contributed by atoms with Crippen molar-refractivity contribution in [2.24, 2.45) is 5.73 Å². The summed E-state index contributed by atoms with van der Waals surface area (Å²) in [6.45, 7) is 1.92. The Labute approximate surface area is 106 Å². The van der Waals surface area contributed by atoms with Gasteiger partial charge in [0, 0.05) is 31.4 Å². The average molecular weight is 249 g/mol. The highest BCUT2D eigenvalue weighted by Crippen LogP contribution is 2.21. The van der Waals surface area contributed by atoms with Crippen molar-refractivity contribution in [1.29, 1.82) is 0 Å². The highest BCUT2D eigenvalue weighted by Gasteiger charge is 2.22. The number of thiocarbonyl (C=S) groups is 1. The minimum atomic E-state index is 0.119. The van der Waals surface area contributed by atoms with Crippen molar-refractivity contribution in [2.75, 3.05) is 31.6 Å². The molecule has 1 amide bonds. The maximum absolute atomic E-state index is 11.7. The fourth-order valence-electron chi connectivity index (χ4n) is 1.92. The Kier molecular flexibility index (Phi) is 3.28. The minimum Gasteiger partial charge on any atom is -0.389 e. The SMILES string of the molecule is CN1CCN(c2ccccc2C(N)=S)CC1=O. The van der Waals surface area contributed by atoms with Gasteiger partial charge in [0.05, 0.1) is 6.54 Å². The van der Waals surface area contributed by atoms with Crippen molar-refractivity contribution in [1.82, 2.24) is 4.90 Å². The van der Waals surface area contributed by atoms with E-state index in [0.717, 1.165) is 24.3 Å². The third-order valence-corrected chi connectivity index (χ3v) is 3.19. The molecule has 1 aliphatic heterocycles. The van der Waals surface area contributed by atoms with Crippen molar-refractivity contribution in [2.45, 2.75) is 0 Å². The van der Waals surface area contributed by atoms with Crippen LogP contribution >= 0.6 is 12.2 Å². The van der Waals surface area contributed by atoms with Crippen LogP contribution < -0.4 is 10.6 Å². The lowest BCUT2D eigenvalue weighted by molar-refractivity contribution is -0.129. The molecule has 0 aromatic heterocycles. The van der Waals surface area contributed by atoms with E-state index in [-0.39, 0.29) is 5.91 Å². The molecule has 0 saturated carbocycles. The van der Waals surface area contributed by atoms with Crippen LogP contribution in [0.3, 0.4) is 0 Å². The van der Waals surface area contributed by atoms with Crippen molar-refractivity contribution in [3.8, 4) is 0 Å². The molecule has 0 bridgehead atoms. The zero-order chi connectivity index (χ0) is 12.4. The molecule has 0 aliphatic carbocycles. The first kappa shape index (κ1) is 11.9. The normalized spacial score (nSPS) is 16.2. The lowest BCUT2D eigenvalue weighted by Gasteiger charge is -2.34. The largest absolute Gasteiger partial charge is 0.389 e. The molecule has 17 heavy (non-hydrogen) atoms. The molecule has 0 spiro atoms. The zero-order valence-corrected chi connectivity index (χ0v) is 10.5. The highest BCUT2D eigenvalue weighted by atomic mass is 32.1. The molecule has 0 unspecified atom stereocenters. The second-order valence-electron chi connectivity index (χ2n) is 4.12. The number of benzene rings is 1. The van der Waals surface area contributed by atoms with E-state index in [2.05, 4.69) is 0 Å². The number of carbonyl (C=O) groups is 1. The Bertz CT molecular complexity index is 461. The average Bonchev–Trinajstić information content (AvgIpc) is 2.32. The van der Waals surface area contributed by atoms with Gasteiger partial charge in [0.15, 0.2) is 0 Å². The van der Waals surface area contributed by atoms with Crippen LogP contribution in [-0.4, -0.2) is 42.5 Å². The Morgan fingerprint density at radius 3 is 2.71 bits per heavy atom. The number of hydrogen-bond acceptors (Lipinski definition) is 3. The Balaban J connectivity index is 2.29. The highest BCUT2D eigenvalue weighted by molar-refractivity contribution is 7.80. The van der Waals surface area contributed by atoms with Crippen LogP contribution in [0.2, 0.25) is 0 Å². The van der Waals surface area contributed by atoms with Gasteiger partial charge < -0.3 is 15.5 Å². The Morgan fingerprint density at radius 2 is 2.06 bits per heavy atom. The van der Waals surface area contributed by atoms with Crippen molar-refractivity contribution >= 4 is 28.8 Å². The fourth-order valence-corrected chi connectivity index (χ4v) is 2.09. The van der Waals surface area contributed by atoms with Gasteiger partial charge in [0.25, 0.3) is 0 Å². The van der Waals surface area contributed by atoms with Crippen LogP contribution in [0.4, 0.5) is 5.69 Å². The number of rotatable bonds is 2. The summed E-state index contributed by atoms with van der Waals surface area (Å²) in [6, 6.07) is 7.67. The molecule has 0 atom stereocenters. The van der Waals surface area contributed by atoms with E-state index >= 15 is 0 Å². The van der Waals surface area contributed by atoms with E-state index in [4.69, 9.17) is 18.0 Å². The second kappa shape index (κ2) is 4.71. The molecule has 2 N–H and O–H groups in total. The van der Waals surface area contributed by atoms with Gasteiger partial charge in [-0.1, -0.05) is 24.4 Å². The molecule has 1 saturated heterocycles. The lowest BCUT2D eigenvalue weighted by Crippen LogP contribution is -2.49. The van der Waals surface area contributed by atoms with Crippen LogP contribution in [0.15, 0.2) is 24.3 Å². The first-order valence-corrected chi connectivity index (χ1v) is 5.88. The van der Waals surface area contributed by atoms with Gasteiger partial charge in [-0.05, 0) is 12.1 Å². The van der Waals surface area contributed by atoms with E-state index in [1.54, 1.807) is 4.90 Å². The van der Waals surface area contributed by atoms with Crippen LogP contribution in [0.5, 0.6) is 0 Å². The molecule has 1 heterocycles. The van der Waals surface area contributed by atoms with E-state index in [9.17, 15) is 4.79 Å². The Hall–Kier alpha value is -1.62. The monoisotopic (exact) mass is 249 g/mol. The summed E-state index contributed by atoms with van der Waals surface area (Å²) in [4.78, 5) is 15.8. The summed E-state index contributed by atoms with van der Waals surface area (Å²) in [5.41, 5.74) is 7.47. The summed E-state index contributed by atoms with van der Waals surface area (Å²) < 4.78 is 0. The maximum atomic E-state index is 11.7. The topological polar surface area (TPSA) is 49.6 Å². The lowest BCUT2D eigenvalue weighted by atomic mass is 10.1. The number of carbonyl (C=O) groups excluding carboxylic acids is 1. The van der Waals surface area contributed by atoms with Crippen molar-refractivity contribution in [3.63, 3.8) is 0 Å². The number of nitrogens with two attached hydrogens (primary N) is 1. The van der Waals surface area contributed by atoms with Crippen LogP contribution in [0.25, 0.3) is 0 Å².